The summed E-state index contributed by atoms with van der Waals surface area (Å²) in [6, 6.07) is 0. The van der Waals surface area contributed by atoms with E-state index in [4.69, 9.17) is 0 Å². The molecule has 1 aliphatic carbocycles. The maximum atomic E-state index is 2.40. The molecule has 1 heterocycles. The summed E-state index contributed by atoms with van der Waals surface area (Å²) >= 11 is 0. The van der Waals surface area contributed by atoms with Gasteiger partial charge in [0.05, 0.1) is 0 Å². The van der Waals surface area contributed by atoms with E-state index in [1.54, 1.807) is 22.0 Å². The quantitative estimate of drug-likeness (QED) is 0.508. The summed E-state index contributed by atoms with van der Waals surface area (Å²) in [5, 5.41) is 1.67. The molecular weight excluding hydrogens is 175 g/mol. The lowest BCUT2D eigenvalue weighted by atomic mass is 10.1. The van der Waals surface area contributed by atoms with Crippen molar-refractivity contribution in [2.75, 3.05) is 12.8 Å². The number of fused-ring (bicyclic) bond motifs is 1. The van der Waals surface area contributed by atoms with E-state index in [1.165, 1.54) is 17.3 Å². The molecule has 0 radical (unpaired) electrons. The van der Waals surface area contributed by atoms with Crippen molar-refractivity contribution in [2.24, 2.45) is 0 Å². The van der Waals surface area contributed by atoms with Crippen LogP contribution >= 0.6 is 7.92 Å². The van der Waals surface area contributed by atoms with E-state index in [9.17, 15) is 0 Å². The molecule has 1 heteroatoms. The van der Waals surface area contributed by atoms with E-state index in [-0.39, 0.29) is 7.92 Å². The monoisotopic (exact) mass is 192 g/mol. The largest absolute Gasteiger partial charge is 0.0781 e. The highest BCUT2D eigenvalue weighted by Crippen LogP contribution is 2.57. The molecule has 0 nitrogen and oxygen atoms in total. The van der Waals surface area contributed by atoms with Gasteiger partial charge in [-0.05, 0) is 73.7 Å². The molecule has 70 valence electrons. The van der Waals surface area contributed by atoms with Gasteiger partial charge in [0.15, 0.2) is 0 Å². The first-order chi connectivity index (χ1) is 6.04. The van der Waals surface area contributed by atoms with E-state index in [0.29, 0.717) is 0 Å². The molecule has 13 heavy (non-hydrogen) atoms. The molecular formula is C12H17P. The highest BCUT2D eigenvalue weighted by atomic mass is 31.1. The Hall–Kier alpha value is -0.350. The maximum absolute atomic E-state index is 2.40. The highest BCUT2D eigenvalue weighted by Gasteiger charge is 2.30. The molecule has 0 fully saturated rings. The second-order valence-electron chi connectivity index (χ2n) is 4.17. The van der Waals surface area contributed by atoms with E-state index in [1.807, 2.05) is 0 Å². The fourth-order valence-electron chi connectivity index (χ4n) is 2.34. The molecule has 0 bridgehead atoms. The zero-order chi connectivity index (χ0) is 9.75. The van der Waals surface area contributed by atoms with Crippen LogP contribution in [0.2, 0.25) is 0 Å². The summed E-state index contributed by atoms with van der Waals surface area (Å²) in [4.78, 5) is 0. The molecule has 0 spiro atoms. The SMILES string of the molecule is CC1=C(C)C2=C(C)P(C)CC2=C1C. The molecule has 1 atom stereocenters. The van der Waals surface area contributed by atoms with E-state index >= 15 is 0 Å². The summed E-state index contributed by atoms with van der Waals surface area (Å²) in [5.74, 6) is 0. The second kappa shape index (κ2) is 2.82. The van der Waals surface area contributed by atoms with Gasteiger partial charge in [-0.3, -0.25) is 0 Å². The average molecular weight is 192 g/mol. The van der Waals surface area contributed by atoms with Gasteiger partial charge in [0.2, 0.25) is 0 Å². The van der Waals surface area contributed by atoms with Gasteiger partial charge in [-0.1, -0.05) is 7.92 Å². The van der Waals surface area contributed by atoms with E-state index in [2.05, 4.69) is 34.4 Å². The van der Waals surface area contributed by atoms with Gasteiger partial charge in [0.1, 0.15) is 0 Å². The molecule has 1 aliphatic heterocycles. The summed E-state index contributed by atoms with van der Waals surface area (Å²) in [6.07, 6.45) is 1.33. The fraction of sp³-hybridized carbons (Fsp3) is 0.500. The molecule has 0 aromatic carbocycles. The number of hydrogen-bond acceptors (Lipinski definition) is 0. The standard InChI is InChI=1S/C12H17P/c1-7-8(2)11-6-13(5)10(4)12(11)9(7)3/h6H2,1-5H3. The van der Waals surface area contributed by atoms with Gasteiger partial charge in [-0.25, -0.2) is 0 Å². The van der Waals surface area contributed by atoms with Gasteiger partial charge < -0.3 is 0 Å². The van der Waals surface area contributed by atoms with Crippen LogP contribution in [0.1, 0.15) is 27.7 Å². The maximum Gasteiger partial charge on any atom is -0.00294 e. The Kier molecular flexibility index (Phi) is 2.00. The third-order valence-electron chi connectivity index (χ3n) is 3.58. The van der Waals surface area contributed by atoms with E-state index in [0.717, 1.165) is 0 Å². The molecule has 2 rings (SSSR count). The Morgan fingerprint density at radius 2 is 1.54 bits per heavy atom. The third-order valence-corrected chi connectivity index (χ3v) is 5.74. The smallest absolute Gasteiger partial charge is 0.00294 e. The molecule has 0 aromatic rings. The molecule has 0 aromatic heterocycles. The van der Waals surface area contributed by atoms with Crippen LogP contribution in [0.15, 0.2) is 33.2 Å². The molecule has 0 amide bonds. The number of rotatable bonds is 0. The first-order valence-electron chi connectivity index (χ1n) is 4.84. The predicted octanol–water partition coefficient (Wildman–Crippen LogP) is 4.05. The summed E-state index contributed by atoms with van der Waals surface area (Å²) < 4.78 is 0. The minimum atomic E-state index is 0.156. The predicted molar refractivity (Wildman–Crippen MR) is 61.5 cm³/mol. The Balaban J connectivity index is 2.64. The zero-order valence-electron chi connectivity index (χ0n) is 9.15. The average Bonchev–Trinajstić information content (AvgIpc) is 2.48. The van der Waals surface area contributed by atoms with Crippen LogP contribution in [0.3, 0.4) is 0 Å². The van der Waals surface area contributed by atoms with Gasteiger partial charge in [0, 0.05) is 0 Å². The van der Waals surface area contributed by atoms with Gasteiger partial charge in [-0.2, -0.15) is 0 Å². The third kappa shape index (κ3) is 1.08. The number of hydrogen-bond donors (Lipinski definition) is 0. The van der Waals surface area contributed by atoms with Crippen molar-refractivity contribution < 1.29 is 0 Å². The van der Waals surface area contributed by atoms with Gasteiger partial charge in [0.25, 0.3) is 0 Å². The lowest BCUT2D eigenvalue weighted by molar-refractivity contribution is 1.31. The van der Waals surface area contributed by atoms with Crippen LogP contribution in [0.4, 0.5) is 0 Å². The normalized spacial score (nSPS) is 27.9. The molecule has 1 unspecified atom stereocenters. The Labute approximate surface area is 82.2 Å². The highest BCUT2D eigenvalue weighted by molar-refractivity contribution is 7.62. The number of allylic oxidation sites excluding steroid dienone is 6. The summed E-state index contributed by atoms with van der Waals surface area (Å²) in [6.45, 7) is 11.5. The molecule has 0 saturated heterocycles. The summed E-state index contributed by atoms with van der Waals surface area (Å²) in [7, 11) is 0.156. The second-order valence-corrected chi connectivity index (χ2v) is 6.55. The zero-order valence-corrected chi connectivity index (χ0v) is 10.0. The van der Waals surface area contributed by atoms with Crippen molar-refractivity contribution in [3.8, 4) is 0 Å². The minimum Gasteiger partial charge on any atom is -0.0781 e. The summed E-state index contributed by atoms with van der Waals surface area (Å²) in [5.41, 5.74) is 7.88. The lowest BCUT2D eigenvalue weighted by Gasteiger charge is -2.06. The molecule has 0 saturated carbocycles. The Morgan fingerprint density at radius 3 is 2.08 bits per heavy atom. The van der Waals surface area contributed by atoms with Crippen LogP contribution < -0.4 is 0 Å². The Morgan fingerprint density at radius 1 is 0.923 bits per heavy atom. The Bertz CT molecular complexity index is 367. The van der Waals surface area contributed by atoms with Crippen molar-refractivity contribution >= 4 is 7.92 Å². The van der Waals surface area contributed by atoms with Crippen molar-refractivity contribution in [3.05, 3.63) is 33.2 Å². The lowest BCUT2D eigenvalue weighted by Crippen LogP contribution is -1.84. The van der Waals surface area contributed by atoms with Crippen molar-refractivity contribution in [1.82, 2.24) is 0 Å². The van der Waals surface area contributed by atoms with Crippen LogP contribution in [-0.2, 0) is 0 Å². The molecule has 0 N–H and O–H groups in total. The first kappa shape index (κ1) is 9.21. The van der Waals surface area contributed by atoms with Crippen molar-refractivity contribution in [1.29, 1.82) is 0 Å². The molecule has 2 aliphatic rings. The minimum absolute atomic E-state index is 0.156. The van der Waals surface area contributed by atoms with Crippen molar-refractivity contribution in [3.63, 3.8) is 0 Å². The van der Waals surface area contributed by atoms with Crippen LogP contribution in [0.25, 0.3) is 0 Å². The van der Waals surface area contributed by atoms with Gasteiger partial charge in [-0.15, -0.1) is 0 Å². The first-order valence-corrected chi connectivity index (χ1v) is 6.81. The van der Waals surface area contributed by atoms with Gasteiger partial charge >= 0.3 is 0 Å². The van der Waals surface area contributed by atoms with Crippen LogP contribution in [0.5, 0.6) is 0 Å². The van der Waals surface area contributed by atoms with Crippen molar-refractivity contribution in [2.45, 2.75) is 27.7 Å². The topological polar surface area (TPSA) is 0 Å². The van der Waals surface area contributed by atoms with Crippen LogP contribution in [0, 0.1) is 0 Å². The van der Waals surface area contributed by atoms with E-state index < -0.39 is 0 Å². The van der Waals surface area contributed by atoms with Crippen LogP contribution in [-0.4, -0.2) is 12.8 Å². The fourth-order valence-corrected chi connectivity index (χ4v) is 4.13.